The molecule has 0 atom stereocenters. The van der Waals surface area contributed by atoms with Crippen molar-refractivity contribution in [1.82, 2.24) is 4.98 Å². The Labute approximate surface area is 159 Å². The fourth-order valence-corrected chi connectivity index (χ4v) is 4.19. The van der Waals surface area contributed by atoms with Gasteiger partial charge in [-0.25, -0.2) is 4.98 Å². The van der Waals surface area contributed by atoms with E-state index in [1.807, 2.05) is 24.3 Å². The van der Waals surface area contributed by atoms with E-state index in [2.05, 4.69) is 15.2 Å². The van der Waals surface area contributed by atoms with Crippen molar-refractivity contribution in [2.24, 2.45) is 5.92 Å². The Balaban J connectivity index is 1.23. The summed E-state index contributed by atoms with van der Waals surface area (Å²) in [5, 5.41) is 3.89. The minimum absolute atomic E-state index is 0.00731. The molecule has 2 aromatic carbocycles. The van der Waals surface area contributed by atoms with Gasteiger partial charge in [0.05, 0.1) is 23.2 Å². The maximum Gasteiger partial charge on any atom is 0.231 e. The molecular formula is C19H17N3O4S. The van der Waals surface area contributed by atoms with E-state index < -0.39 is 0 Å². The molecule has 0 aliphatic carbocycles. The number of amides is 1. The van der Waals surface area contributed by atoms with Crippen molar-refractivity contribution in [3.05, 3.63) is 36.4 Å². The number of methoxy groups -OCH3 is 1. The van der Waals surface area contributed by atoms with E-state index in [0.29, 0.717) is 24.6 Å². The zero-order chi connectivity index (χ0) is 18.4. The molecule has 0 radical (unpaired) electrons. The van der Waals surface area contributed by atoms with Gasteiger partial charge in [-0.1, -0.05) is 11.3 Å². The summed E-state index contributed by atoms with van der Waals surface area (Å²) in [4.78, 5) is 19.3. The number of anilines is 2. The van der Waals surface area contributed by atoms with Crippen LogP contribution in [-0.2, 0) is 4.79 Å². The second kappa shape index (κ2) is 6.31. The molecule has 0 unspecified atom stereocenters. The molecule has 27 heavy (non-hydrogen) atoms. The fraction of sp³-hybridized carbons (Fsp3) is 0.263. The van der Waals surface area contributed by atoms with E-state index in [0.717, 1.165) is 26.8 Å². The van der Waals surface area contributed by atoms with Gasteiger partial charge < -0.3 is 24.4 Å². The Bertz CT molecular complexity index is 1030. The first-order chi connectivity index (χ1) is 13.2. The van der Waals surface area contributed by atoms with E-state index in [1.165, 1.54) is 0 Å². The summed E-state index contributed by atoms with van der Waals surface area (Å²) in [6, 6.07) is 11.3. The SMILES string of the molecule is COc1ccc2nc(N3CC(C(=O)Nc4ccc5c(c4)OCO5)C3)sc2c1. The van der Waals surface area contributed by atoms with Crippen molar-refractivity contribution in [2.75, 3.05) is 37.2 Å². The molecule has 8 heteroatoms. The third-order valence-electron chi connectivity index (χ3n) is 4.75. The summed E-state index contributed by atoms with van der Waals surface area (Å²) in [5.41, 5.74) is 1.67. The van der Waals surface area contributed by atoms with Crippen LogP contribution in [0.3, 0.4) is 0 Å². The van der Waals surface area contributed by atoms with Gasteiger partial charge in [0.25, 0.3) is 0 Å². The predicted molar refractivity (Wildman–Crippen MR) is 103 cm³/mol. The molecule has 3 heterocycles. The molecule has 2 aliphatic heterocycles. The number of aromatic nitrogens is 1. The minimum atomic E-state index is -0.0584. The first kappa shape index (κ1) is 16.2. The summed E-state index contributed by atoms with van der Waals surface area (Å²) in [5.74, 6) is 2.13. The van der Waals surface area contributed by atoms with Crippen LogP contribution in [0.1, 0.15) is 0 Å². The van der Waals surface area contributed by atoms with E-state index in [1.54, 1.807) is 30.6 Å². The lowest BCUT2D eigenvalue weighted by Gasteiger charge is -2.37. The number of carbonyl (C=O) groups excluding carboxylic acids is 1. The van der Waals surface area contributed by atoms with Gasteiger partial charge >= 0.3 is 0 Å². The number of benzene rings is 2. The maximum atomic E-state index is 12.5. The van der Waals surface area contributed by atoms with E-state index in [4.69, 9.17) is 14.2 Å². The molecule has 5 rings (SSSR count). The topological polar surface area (TPSA) is 72.9 Å². The Hall–Kier alpha value is -3.00. The van der Waals surface area contributed by atoms with E-state index in [-0.39, 0.29) is 18.6 Å². The second-order valence-electron chi connectivity index (χ2n) is 6.49. The lowest BCUT2D eigenvalue weighted by Crippen LogP contribution is -2.52. The highest BCUT2D eigenvalue weighted by molar-refractivity contribution is 7.22. The molecule has 1 amide bonds. The minimum Gasteiger partial charge on any atom is -0.497 e. The van der Waals surface area contributed by atoms with Crippen molar-refractivity contribution < 1.29 is 19.0 Å². The van der Waals surface area contributed by atoms with Gasteiger partial charge in [-0.2, -0.15) is 0 Å². The van der Waals surface area contributed by atoms with Gasteiger partial charge in [-0.05, 0) is 30.3 Å². The van der Waals surface area contributed by atoms with Crippen LogP contribution in [0.5, 0.6) is 17.2 Å². The van der Waals surface area contributed by atoms with Crippen LogP contribution >= 0.6 is 11.3 Å². The molecule has 0 spiro atoms. The van der Waals surface area contributed by atoms with Crippen LogP contribution in [0.15, 0.2) is 36.4 Å². The molecular weight excluding hydrogens is 366 g/mol. The zero-order valence-electron chi connectivity index (χ0n) is 14.6. The quantitative estimate of drug-likeness (QED) is 0.746. The smallest absolute Gasteiger partial charge is 0.231 e. The normalized spacial score (nSPS) is 15.7. The van der Waals surface area contributed by atoms with Crippen LogP contribution in [0.2, 0.25) is 0 Å². The largest absolute Gasteiger partial charge is 0.497 e. The van der Waals surface area contributed by atoms with Crippen molar-refractivity contribution >= 4 is 38.3 Å². The van der Waals surface area contributed by atoms with Gasteiger partial charge in [-0.15, -0.1) is 0 Å². The van der Waals surface area contributed by atoms with Gasteiger partial charge in [0.2, 0.25) is 12.7 Å². The molecule has 1 fully saturated rings. The van der Waals surface area contributed by atoms with Crippen LogP contribution in [0.4, 0.5) is 10.8 Å². The number of thiazole rings is 1. The summed E-state index contributed by atoms with van der Waals surface area (Å²) >= 11 is 1.61. The molecule has 1 N–H and O–H groups in total. The number of rotatable bonds is 4. The number of nitrogens with zero attached hydrogens (tertiary/aromatic N) is 2. The van der Waals surface area contributed by atoms with E-state index >= 15 is 0 Å². The number of ether oxygens (including phenoxy) is 3. The van der Waals surface area contributed by atoms with Crippen LogP contribution in [0.25, 0.3) is 10.2 Å². The monoisotopic (exact) mass is 383 g/mol. The average molecular weight is 383 g/mol. The molecule has 1 saturated heterocycles. The molecule has 3 aromatic rings. The van der Waals surface area contributed by atoms with Crippen molar-refractivity contribution in [1.29, 1.82) is 0 Å². The predicted octanol–water partition coefficient (Wildman–Crippen LogP) is 3.11. The third kappa shape index (κ3) is 2.91. The molecule has 138 valence electrons. The summed E-state index contributed by atoms with van der Waals surface area (Å²) in [6.07, 6.45) is 0. The third-order valence-corrected chi connectivity index (χ3v) is 5.83. The highest BCUT2D eigenvalue weighted by Gasteiger charge is 2.34. The van der Waals surface area contributed by atoms with Crippen molar-refractivity contribution in [3.63, 3.8) is 0 Å². The lowest BCUT2D eigenvalue weighted by atomic mass is 10.00. The standard InChI is InChI=1S/C19H17N3O4S/c1-24-13-3-4-14-17(7-13)27-19(21-14)22-8-11(9-22)18(23)20-12-2-5-15-16(6-12)26-10-25-15/h2-7,11H,8-10H2,1H3,(H,20,23). The lowest BCUT2D eigenvalue weighted by molar-refractivity contribution is -0.120. The van der Waals surface area contributed by atoms with Gasteiger partial charge in [-0.3, -0.25) is 4.79 Å². The van der Waals surface area contributed by atoms with Crippen molar-refractivity contribution in [3.8, 4) is 17.2 Å². The molecule has 7 nitrogen and oxygen atoms in total. The van der Waals surface area contributed by atoms with Crippen LogP contribution in [-0.4, -0.2) is 37.9 Å². The van der Waals surface area contributed by atoms with Crippen LogP contribution in [0, 0.1) is 5.92 Å². The van der Waals surface area contributed by atoms with Crippen molar-refractivity contribution in [2.45, 2.75) is 0 Å². The number of fused-ring (bicyclic) bond motifs is 2. The van der Waals surface area contributed by atoms with Crippen LogP contribution < -0.4 is 24.4 Å². The highest BCUT2D eigenvalue weighted by Crippen LogP contribution is 2.36. The Morgan fingerprint density at radius 1 is 1.22 bits per heavy atom. The number of hydrogen-bond acceptors (Lipinski definition) is 7. The average Bonchev–Trinajstić information content (AvgIpc) is 3.25. The fourth-order valence-electron chi connectivity index (χ4n) is 3.17. The highest BCUT2D eigenvalue weighted by atomic mass is 32.1. The number of hydrogen-bond donors (Lipinski definition) is 1. The number of nitrogens with one attached hydrogen (secondary N) is 1. The Morgan fingerprint density at radius 3 is 2.93 bits per heavy atom. The number of carbonyl (C=O) groups is 1. The maximum absolute atomic E-state index is 12.5. The van der Waals surface area contributed by atoms with Gasteiger partial charge in [0.1, 0.15) is 5.75 Å². The molecule has 1 aromatic heterocycles. The Kier molecular flexibility index (Phi) is 3.78. The van der Waals surface area contributed by atoms with Gasteiger partial charge in [0.15, 0.2) is 16.6 Å². The molecule has 0 bridgehead atoms. The Morgan fingerprint density at radius 2 is 2.07 bits per heavy atom. The molecule has 0 saturated carbocycles. The first-order valence-electron chi connectivity index (χ1n) is 8.59. The summed E-state index contributed by atoms with van der Waals surface area (Å²) in [7, 11) is 1.65. The second-order valence-corrected chi connectivity index (χ2v) is 7.50. The summed E-state index contributed by atoms with van der Waals surface area (Å²) < 4.78 is 17.0. The van der Waals surface area contributed by atoms with E-state index in [9.17, 15) is 4.79 Å². The summed E-state index contributed by atoms with van der Waals surface area (Å²) in [6.45, 7) is 1.54. The molecule has 2 aliphatic rings. The van der Waals surface area contributed by atoms with Gasteiger partial charge in [0, 0.05) is 24.8 Å². The zero-order valence-corrected chi connectivity index (χ0v) is 15.4. The first-order valence-corrected chi connectivity index (χ1v) is 9.41.